The van der Waals surface area contributed by atoms with Gasteiger partial charge >= 0.3 is 0 Å². The molecule has 3 aromatic rings. The zero-order valence-electron chi connectivity index (χ0n) is 13.2. The molecule has 2 aromatic carbocycles. The Kier molecular flexibility index (Phi) is 4.91. The van der Waals surface area contributed by atoms with Crippen LogP contribution in [0.4, 0.5) is 11.5 Å². The highest BCUT2D eigenvalue weighted by Crippen LogP contribution is 2.23. The third kappa shape index (κ3) is 3.63. The maximum Gasteiger partial charge on any atom is 0.226 e. The molecule has 0 aliphatic carbocycles. The van der Waals surface area contributed by atoms with Crippen LogP contribution in [0.25, 0.3) is 10.9 Å². The number of carbonyl (C=O) groups excluding carboxylic acids is 1. The Morgan fingerprint density at radius 2 is 1.96 bits per heavy atom. The van der Waals surface area contributed by atoms with Crippen molar-refractivity contribution in [2.75, 3.05) is 17.2 Å². The van der Waals surface area contributed by atoms with Gasteiger partial charge in [0, 0.05) is 29.1 Å². The fourth-order valence-electron chi connectivity index (χ4n) is 2.40. The number of benzene rings is 2. The standard InChI is InChI=1S/C18H17ClN4O/c1-12-14(19)6-4-8-15(12)23-17(24)9-10-20-18-13-5-2-3-7-16(13)21-11-22-18/h2-8,11H,9-10H2,1H3,(H,23,24)(H,20,21,22). The topological polar surface area (TPSA) is 66.9 Å². The lowest BCUT2D eigenvalue weighted by molar-refractivity contribution is -0.115. The van der Waals surface area contributed by atoms with E-state index < -0.39 is 0 Å². The SMILES string of the molecule is Cc1c(Cl)cccc1NC(=O)CCNc1ncnc2ccccc12. The number of nitrogens with zero attached hydrogens (tertiary/aromatic N) is 2. The monoisotopic (exact) mass is 340 g/mol. The van der Waals surface area contributed by atoms with Crippen LogP contribution in [-0.2, 0) is 4.79 Å². The van der Waals surface area contributed by atoms with Crippen molar-refractivity contribution in [3.63, 3.8) is 0 Å². The maximum atomic E-state index is 12.1. The molecule has 24 heavy (non-hydrogen) atoms. The Morgan fingerprint density at radius 1 is 1.12 bits per heavy atom. The minimum atomic E-state index is -0.0776. The predicted octanol–water partition coefficient (Wildman–Crippen LogP) is 4.03. The Bertz CT molecular complexity index is 877. The summed E-state index contributed by atoms with van der Waals surface area (Å²) in [6, 6.07) is 13.2. The lowest BCUT2D eigenvalue weighted by atomic mass is 10.2. The molecule has 2 N–H and O–H groups in total. The van der Waals surface area contributed by atoms with Gasteiger partial charge in [-0.15, -0.1) is 0 Å². The van der Waals surface area contributed by atoms with Crippen molar-refractivity contribution < 1.29 is 4.79 Å². The van der Waals surface area contributed by atoms with Crippen molar-refractivity contribution in [3.05, 3.63) is 59.4 Å². The smallest absolute Gasteiger partial charge is 0.226 e. The summed E-state index contributed by atoms with van der Waals surface area (Å²) >= 11 is 6.06. The first-order chi connectivity index (χ1) is 11.6. The summed E-state index contributed by atoms with van der Waals surface area (Å²) in [6.07, 6.45) is 1.84. The first kappa shape index (κ1) is 16.2. The highest BCUT2D eigenvalue weighted by molar-refractivity contribution is 6.31. The van der Waals surface area contributed by atoms with Gasteiger partial charge in [0.05, 0.1) is 5.52 Å². The minimum Gasteiger partial charge on any atom is -0.369 e. The summed E-state index contributed by atoms with van der Waals surface area (Å²) in [4.78, 5) is 20.6. The maximum absolute atomic E-state index is 12.1. The zero-order chi connectivity index (χ0) is 16.9. The molecule has 0 unspecified atom stereocenters. The predicted molar refractivity (Wildman–Crippen MR) is 97.5 cm³/mol. The van der Waals surface area contributed by atoms with E-state index in [0.717, 1.165) is 28.0 Å². The molecule has 0 fully saturated rings. The summed E-state index contributed by atoms with van der Waals surface area (Å²) in [5.74, 6) is 0.651. The molecule has 0 aliphatic heterocycles. The van der Waals surface area contributed by atoms with E-state index in [1.54, 1.807) is 6.07 Å². The van der Waals surface area contributed by atoms with Gasteiger partial charge in [0.2, 0.25) is 5.91 Å². The van der Waals surface area contributed by atoms with Crippen LogP contribution in [0.1, 0.15) is 12.0 Å². The van der Waals surface area contributed by atoms with Crippen LogP contribution in [0, 0.1) is 6.92 Å². The van der Waals surface area contributed by atoms with E-state index in [-0.39, 0.29) is 5.91 Å². The minimum absolute atomic E-state index is 0.0776. The fraction of sp³-hybridized carbons (Fsp3) is 0.167. The van der Waals surface area contributed by atoms with E-state index in [1.165, 1.54) is 6.33 Å². The van der Waals surface area contributed by atoms with Crippen LogP contribution in [0.5, 0.6) is 0 Å². The number of nitrogens with one attached hydrogen (secondary N) is 2. The number of fused-ring (bicyclic) bond motifs is 1. The van der Waals surface area contributed by atoms with Gasteiger partial charge in [-0.3, -0.25) is 4.79 Å². The summed E-state index contributed by atoms with van der Waals surface area (Å²) in [6.45, 7) is 2.36. The molecule has 0 saturated carbocycles. The second-order valence-electron chi connectivity index (χ2n) is 5.38. The van der Waals surface area contributed by atoms with Crippen molar-refractivity contribution in [2.24, 2.45) is 0 Å². The second-order valence-corrected chi connectivity index (χ2v) is 5.78. The molecule has 1 aromatic heterocycles. The van der Waals surface area contributed by atoms with Gasteiger partial charge in [-0.2, -0.15) is 0 Å². The quantitative estimate of drug-likeness (QED) is 0.735. The number of hydrogen-bond donors (Lipinski definition) is 2. The molecule has 0 radical (unpaired) electrons. The van der Waals surface area contributed by atoms with Crippen molar-refractivity contribution in [2.45, 2.75) is 13.3 Å². The van der Waals surface area contributed by atoms with E-state index >= 15 is 0 Å². The summed E-state index contributed by atoms with van der Waals surface area (Å²) < 4.78 is 0. The van der Waals surface area contributed by atoms with Gasteiger partial charge < -0.3 is 10.6 Å². The van der Waals surface area contributed by atoms with E-state index in [9.17, 15) is 4.79 Å². The van der Waals surface area contributed by atoms with Crippen molar-refractivity contribution in [3.8, 4) is 0 Å². The molecule has 122 valence electrons. The summed E-state index contributed by atoms with van der Waals surface area (Å²) in [5, 5.41) is 7.64. The molecule has 1 amide bonds. The average Bonchev–Trinajstić information content (AvgIpc) is 2.59. The molecule has 5 nitrogen and oxygen atoms in total. The third-order valence-corrected chi connectivity index (χ3v) is 4.14. The molecule has 1 heterocycles. The number of para-hydroxylation sites is 1. The lowest BCUT2D eigenvalue weighted by Crippen LogP contribution is -2.17. The van der Waals surface area contributed by atoms with Gasteiger partial charge in [-0.25, -0.2) is 9.97 Å². The van der Waals surface area contributed by atoms with Crippen molar-refractivity contribution >= 4 is 39.9 Å². The van der Waals surface area contributed by atoms with Gasteiger partial charge in [0.15, 0.2) is 0 Å². The fourth-order valence-corrected chi connectivity index (χ4v) is 2.57. The van der Waals surface area contributed by atoms with Gasteiger partial charge in [0.25, 0.3) is 0 Å². The largest absolute Gasteiger partial charge is 0.369 e. The summed E-state index contributed by atoms with van der Waals surface area (Å²) in [5.41, 5.74) is 2.47. The van der Waals surface area contributed by atoms with Crippen LogP contribution in [-0.4, -0.2) is 22.4 Å². The first-order valence-corrected chi connectivity index (χ1v) is 8.01. The Labute approximate surface area is 145 Å². The Balaban J connectivity index is 1.60. The van der Waals surface area contributed by atoms with Crippen molar-refractivity contribution in [1.29, 1.82) is 0 Å². The van der Waals surface area contributed by atoms with E-state index in [1.807, 2.05) is 43.3 Å². The lowest BCUT2D eigenvalue weighted by Gasteiger charge is -2.11. The number of anilines is 2. The first-order valence-electron chi connectivity index (χ1n) is 7.64. The summed E-state index contributed by atoms with van der Waals surface area (Å²) in [7, 11) is 0. The number of hydrogen-bond acceptors (Lipinski definition) is 4. The molecule has 6 heteroatoms. The molecule has 0 atom stereocenters. The highest BCUT2D eigenvalue weighted by Gasteiger charge is 2.07. The number of carbonyl (C=O) groups is 1. The zero-order valence-corrected chi connectivity index (χ0v) is 14.0. The van der Waals surface area contributed by atoms with Crippen LogP contribution < -0.4 is 10.6 Å². The highest BCUT2D eigenvalue weighted by atomic mass is 35.5. The molecule has 0 saturated heterocycles. The number of rotatable bonds is 5. The Hall–Kier alpha value is -2.66. The number of halogens is 1. The number of aromatic nitrogens is 2. The van der Waals surface area contributed by atoms with E-state index in [0.29, 0.717) is 18.0 Å². The molecular weight excluding hydrogens is 324 g/mol. The third-order valence-electron chi connectivity index (χ3n) is 3.73. The van der Waals surface area contributed by atoms with E-state index in [4.69, 9.17) is 11.6 Å². The Morgan fingerprint density at radius 3 is 2.83 bits per heavy atom. The van der Waals surface area contributed by atoms with E-state index in [2.05, 4.69) is 20.6 Å². The normalized spacial score (nSPS) is 10.6. The van der Waals surface area contributed by atoms with Gasteiger partial charge in [0.1, 0.15) is 12.1 Å². The molecule has 0 aliphatic rings. The number of amides is 1. The van der Waals surface area contributed by atoms with Gasteiger partial charge in [-0.1, -0.05) is 29.8 Å². The average molecular weight is 341 g/mol. The van der Waals surface area contributed by atoms with Crippen LogP contribution in [0.15, 0.2) is 48.8 Å². The second kappa shape index (κ2) is 7.27. The van der Waals surface area contributed by atoms with Crippen LogP contribution in [0.2, 0.25) is 5.02 Å². The van der Waals surface area contributed by atoms with Crippen LogP contribution >= 0.6 is 11.6 Å². The molecule has 0 bridgehead atoms. The van der Waals surface area contributed by atoms with Crippen LogP contribution in [0.3, 0.4) is 0 Å². The molecule has 0 spiro atoms. The molecule has 3 rings (SSSR count). The molecular formula is C18H17ClN4O. The van der Waals surface area contributed by atoms with Gasteiger partial charge in [-0.05, 0) is 36.8 Å². The van der Waals surface area contributed by atoms with Crippen molar-refractivity contribution in [1.82, 2.24) is 9.97 Å².